The lowest BCUT2D eigenvalue weighted by Crippen LogP contribution is -2.40. The lowest BCUT2D eigenvalue weighted by molar-refractivity contribution is -0.127. The maximum absolute atomic E-state index is 11.5. The van der Waals surface area contributed by atoms with Crippen molar-refractivity contribution in [1.82, 2.24) is 16.1 Å². The van der Waals surface area contributed by atoms with Crippen LogP contribution in [0.5, 0.6) is 0 Å². The van der Waals surface area contributed by atoms with Crippen LogP contribution in [0.4, 0.5) is 0 Å². The highest BCUT2D eigenvalue weighted by atomic mass is 16.5. The minimum Gasteiger partial charge on any atom is -0.355 e. The molecular weight excluding hydrogens is 212 g/mol. The third kappa shape index (κ3) is 7.30. The molecule has 16 heavy (non-hydrogen) atoms. The molecule has 7 heteroatoms. The van der Waals surface area contributed by atoms with Gasteiger partial charge in [-0.3, -0.25) is 4.79 Å². The second-order valence-corrected chi connectivity index (χ2v) is 3.29. The molecule has 0 saturated heterocycles. The molecule has 0 saturated carbocycles. The summed E-state index contributed by atoms with van der Waals surface area (Å²) in [5.74, 6) is -0.778. The lowest BCUT2D eigenvalue weighted by atomic mass is 10.1. The second-order valence-electron chi connectivity index (χ2n) is 3.29. The van der Waals surface area contributed by atoms with Crippen LogP contribution in [-0.4, -0.2) is 50.1 Å². The first-order chi connectivity index (χ1) is 7.76. The Morgan fingerprint density at radius 3 is 2.69 bits per heavy atom. The highest BCUT2D eigenvalue weighted by molar-refractivity contribution is 5.81. The van der Waals surface area contributed by atoms with Crippen molar-refractivity contribution in [3.63, 3.8) is 0 Å². The molecule has 1 amide bonds. The van der Waals surface area contributed by atoms with Gasteiger partial charge in [0, 0.05) is 39.1 Å². The summed E-state index contributed by atoms with van der Waals surface area (Å²) < 4.78 is 0. The summed E-state index contributed by atoms with van der Waals surface area (Å²) >= 11 is 0. The molecule has 0 fully saturated rings. The van der Waals surface area contributed by atoms with Crippen LogP contribution in [0.2, 0.25) is 0 Å². The molecular formula is C9H20N4O3. The average molecular weight is 232 g/mol. The first-order valence-corrected chi connectivity index (χ1v) is 5.25. The summed E-state index contributed by atoms with van der Waals surface area (Å²) in [5.41, 5.74) is 7.17. The van der Waals surface area contributed by atoms with Gasteiger partial charge in [0.25, 0.3) is 0 Å². The van der Waals surface area contributed by atoms with E-state index in [0.717, 1.165) is 0 Å². The van der Waals surface area contributed by atoms with Gasteiger partial charge in [-0.15, -0.1) is 0 Å². The van der Waals surface area contributed by atoms with Gasteiger partial charge in [0.2, 0.25) is 5.91 Å². The van der Waals surface area contributed by atoms with Crippen LogP contribution in [-0.2, 0) is 9.59 Å². The van der Waals surface area contributed by atoms with Crippen LogP contribution >= 0.6 is 0 Å². The number of hydrogen-bond acceptors (Lipinski definition) is 6. The Kier molecular flexibility index (Phi) is 9.83. The molecule has 0 bridgehead atoms. The third-order valence-electron chi connectivity index (χ3n) is 2.01. The summed E-state index contributed by atoms with van der Waals surface area (Å²) in [5, 5.41) is 14.2. The van der Waals surface area contributed by atoms with E-state index in [0.29, 0.717) is 32.5 Å². The molecule has 7 nitrogen and oxygen atoms in total. The smallest absolute Gasteiger partial charge is 0.224 e. The van der Waals surface area contributed by atoms with Crippen LogP contribution in [0, 0.1) is 5.92 Å². The lowest BCUT2D eigenvalue weighted by Gasteiger charge is -2.13. The van der Waals surface area contributed by atoms with Crippen LogP contribution in [0.15, 0.2) is 0 Å². The topological polar surface area (TPSA) is 116 Å². The second kappa shape index (κ2) is 10.5. The fourth-order valence-electron chi connectivity index (χ4n) is 1.15. The van der Waals surface area contributed by atoms with Crippen molar-refractivity contribution in [2.75, 3.05) is 32.7 Å². The van der Waals surface area contributed by atoms with Gasteiger partial charge in [-0.25, -0.2) is 5.48 Å². The minimum absolute atomic E-state index is 0.0702. The van der Waals surface area contributed by atoms with E-state index in [9.17, 15) is 9.59 Å². The fourth-order valence-corrected chi connectivity index (χ4v) is 1.15. The highest BCUT2D eigenvalue weighted by Crippen LogP contribution is 1.98. The maximum Gasteiger partial charge on any atom is 0.224 e. The predicted molar refractivity (Wildman–Crippen MR) is 58.9 cm³/mol. The van der Waals surface area contributed by atoms with Crippen LogP contribution in [0.25, 0.3) is 0 Å². The van der Waals surface area contributed by atoms with Crippen molar-refractivity contribution < 1.29 is 14.8 Å². The molecule has 0 rings (SSSR count). The van der Waals surface area contributed by atoms with Crippen molar-refractivity contribution >= 4 is 12.2 Å². The summed E-state index contributed by atoms with van der Waals surface area (Å²) in [6, 6.07) is 0. The van der Waals surface area contributed by atoms with Gasteiger partial charge in [-0.2, -0.15) is 0 Å². The van der Waals surface area contributed by atoms with Crippen LogP contribution in [0.1, 0.15) is 6.42 Å². The van der Waals surface area contributed by atoms with E-state index in [4.69, 9.17) is 10.9 Å². The molecule has 0 aliphatic carbocycles. The van der Waals surface area contributed by atoms with Crippen LogP contribution in [0.3, 0.4) is 0 Å². The van der Waals surface area contributed by atoms with Gasteiger partial charge in [-0.1, -0.05) is 0 Å². The molecule has 0 aliphatic heterocycles. The molecule has 0 aromatic carbocycles. The zero-order valence-corrected chi connectivity index (χ0v) is 9.24. The molecule has 0 radical (unpaired) electrons. The number of carbonyl (C=O) groups is 2. The van der Waals surface area contributed by atoms with E-state index in [1.165, 1.54) is 0 Å². The standard InChI is InChI=1S/C9H20N4O3/c10-2-3-11-4-5-12-9(15)8(1-6-14)7-13-16/h6,8,11,13,16H,1-5,7,10H2,(H,12,15). The van der Waals surface area contributed by atoms with Gasteiger partial charge in [0.15, 0.2) is 0 Å². The SMILES string of the molecule is NCCNCCNC(=O)C(CC=O)CNO. The van der Waals surface area contributed by atoms with Crippen molar-refractivity contribution in [2.24, 2.45) is 11.7 Å². The normalized spacial score (nSPS) is 12.1. The van der Waals surface area contributed by atoms with E-state index in [-0.39, 0.29) is 18.9 Å². The first kappa shape index (κ1) is 15.0. The number of carbonyl (C=O) groups excluding carboxylic acids is 2. The Morgan fingerprint density at radius 2 is 2.12 bits per heavy atom. The molecule has 1 unspecified atom stereocenters. The third-order valence-corrected chi connectivity index (χ3v) is 2.01. The molecule has 0 spiro atoms. The van der Waals surface area contributed by atoms with E-state index < -0.39 is 5.92 Å². The van der Waals surface area contributed by atoms with E-state index in [1.54, 1.807) is 0 Å². The maximum atomic E-state index is 11.5. The highest BCUT2D eigenvalue weighted by Gasteiger charge is 2.16. The van der Waals surface area contributed by atoms with E-state index in [1.807, 2.05) is 5.48 Å². The van der Waals surface area contributed by atoms with Crippen LogP contribution < -0.4 is 21.8 Å². The van der Waals surface area contributed by atoms with E-state index in [2.05, 4.69) is 10.6 Å². The summed E-state index contributed by atoms with van der Waals surface area (Å²) in [6.45, 7) is 2.42. The summed E-state index contributed by atoms with van der Waals surface area (Å²) in [6.07, 6.45) is 0.754. The quantitative estimate of drug-likeness (QED) is 0.166. The zero-order valence-electron chi connectivity index (χ0n) is 9.24. The van der Waals surface area contributed by atoms with Crippen molar-refractivity contribution in [2.45, 2.75) is 6.42 Å². The number of aldehydes is 1. The van der Waals surface area contributed by atoms with Gasteiger partial charge >= 0.3 is 0 Å². The first-order valence-electron chi connectivity index (χ1n) is 5.25. The Morgan fingerprint density at radius 1 is 1.38 bits per heavy atom. The number of rotatable bonds is 10. The molecule has 0 aromatic heterocycles. The largest absolute Gasteiger partial charge is 0.355 e. The summed E-state index contributed by atoms with van der Waals surface area (Å²) in [7, 11) is 0. The van der Waals surface area contributed by atoms with Crippen molar-refractivity contribution in [3.8, 4) is 0 Å². The molecule has 1 atom stereocenters. The minimum atomic E-state index is -0.531. The Hall–Kier alpha value is -1.02. The van der Waals surface area contributed by atoms with Crippen molar-refractivity contribution in [3.05, 3.63) is 0 Å². The van der Waals surface area contributed by atoms with Crippen molar-refractivity contribution in [1.29, 1.82) is 0 Å². The molecule has 0 aromatic rings. The molecule has 0 heterocycles. The number of nitrogens with two attached hydrogens (primary N) is 1. The number of hydroxylamine groups is 1. The van der Waals surface area contributed by atoms with E-state index >= 15 is 0 Å². The Labute approximate surface area is 94.7 Å². The van der Waals surface area contributed by atoms with Gasteiger partial charge < -0.3 is 26.4 Å². The summed E-state index contributed by atoms with van der Waals surface area (Å²) in [4.78, 5) is 21.8. The number of nitrogens with one attached hydrogen (secondary N) is 3. The number of amides is 1. The van der Waals surface area contributed by atoms with Gasteiger partial charge in [0.1, 0.15) is 6.29 Å². The Balaban J connectivity index is 3.69. The number of hydrogen-bond donors (Lipinski definition) is 5. The molecule has 0 aliphatic rings. The Bertz CT molecular complexity index is 201. The zero-order chi connectivity index (χ0) is 12.2. The van der Waals surface area contributed by atoms with Gasteiger partial charge in [-0.05, 0) is 0 Å². The fraction of sp³-hybridized carbons (Fsp3) is 0.778. The molecule has 94 valence electrons. The average Bonchev–Trinajstić information content (AvgIpc) is 2.28. The predicted octanol–water partition coefficient (Wildman–Crippen LogP) is -2.17. The molecule has 6 N–H and O–H groups in total. The monoisotopic (exact) mass is 232 g/mol. The van der Waals surface area contributed by atoms with Gasteiger partial charge in [0.05, 0.1) is 5.92 Å².